The van der Waals surface area contributed by atoms with E-state index in [9.17, 15) is 14.7 Å². The second-order valence-electron chi connectivity index (χ2n) is 7.12. The Kier molecular flexibility index (Phi) is 10.3. The van der Waals surface area contributed by atoms with Gasteiger partial charge < -0.3 is 20.2 Å². The van der Waals surface area contributed by atoms with Crippen molar-refractivity contribution < 1.29 is 14.7 Å². The third-order valence-electron chi connectivity index (χ3n) is 4.53. The number of halogens is 2. The summed E-state index contributed by atoms with van der Waals surface area (Å²) in [6, 6.07) is 2.81. The molecule has 0 spiro atoms. The number of hydrogen-bond donors (Lipinski definition) is 2. The van der Waals surface area contributed by atoms with E-state index >= 15 is 0 Å². The lowest BCUT2D eigenvalue weighted by atomic mass is 9.96. The fourth-order valence-corrected chi connectivity index (χ4v) is 5.47. The Morgan fingerprint density at radius 2 is 1.90 bits per heavy atom. The summed E-state index contributed by atoms with van der Waals surface area (Å²) < 4.78 is 0. The number of piperidine rings is 1. The van der Waals surface area contributed by atoms with Crippen LogP contribution in [0.25, 0.3) is 0 Å². The molecule has 1 fully saturated rings. The second kappa shape index (κ2) is 12.2. The summed E-state index contributed by atoms with van der Waals surface area (Å²) in [6.45, 7) is 2.60. The molecule has 0 aromatic heterocycles. The van der Waals surface area contributed by atoms with Crippen LogP contribution in [0, 0.1) is 5.92 Å². The van der Waals surface area contributed by atoms with Gasteiger partial charge in [-0.25, -0.2) is 0 Å². The number of rotatable bonds is 9. The monoisotopic (exact) mass is 479 g/mol. The normalized spacial score (nSPS) is 16.9. The lowest BCUT2D eigenvalue weighted by Gasteiger charge is -2.32. The zero-order chi connectivity index (χ0) is 21.4. The fourth-order valence-electron chi connectivity index (χ4n) is 2.95. The highest BCUT2D eigenvalue weighted by Gasteiger charge is 2.29. The first-order chi connectivity index (χ1) is 13.8. The Bertz CT molecular complexity index is 699. The summed E-state index contributed by atoms with van der Waals surface area (Å²) in [5.74, 6) is 1.20. The molecule has 1 aromatic carbocycles. The lowest BCUT2D eigenvalue weighted by Crippen LogP contribution is -2.45. The first-order valence-corrected chi connectivity index (χ1v) is 12.7. The number of phenols is 1. The summed E-state index contributed by atoms with van der Waals surface area (Å²) in [5, 5.41) is 12.7. The van der Waals surface area contributed by atoms with Crippen LogP contribution in [0.5, 0.6) is 5.75 Å². The van der Waals surface area contributed by atoms with Crippen LogP contribution in [-0.4, -0.2) is 78.5 Å². The Hall–Kier alpha value is -0.800. The second-order valence-corrected chi connectivity index (χ2v) is 10.6. The van der Waals surface area contributed by atoms with Gasteiger partial charge in [-0.3, -0.25) is 9.59 Å². The van der Waals surface area contributed by atoms with E-state index in [4.69, 9.17) is 23.2 Å². The van der Waals surface area contributed by atoms with Gasteiger partial charge in [-0.15, -0.1) is 0 Å². The molecule has 0 radical (unpaired) electrons. The van der Waals surface area contributed by atoms with E-state index in [1.165, 1.54) is 12.1 Å². The fraction of sp³-hybridized carbons (Fsp3) is 0.579. The number of aromatic hydroxyl groups is 1. The van der Waals surface area contributed by atoms with Crippen LogP contribution < -0.4 is 5.32 Å². The van der Waals surface area contributed by atoms with Crippen LogP contribution in [-0.2, 0) is 4.79 Å². The molecule has 1 aliphatic heterocycles. The maximum absolute atomic E-state index is 12.8. The van der Waals surface area contributed by atoms with E-state index < -0.39 is 0 Å². The maximum Gasteiger partial charge on any atom is 0.253 e. The summed E-state index contributed by atoms with van der Waals surface area (Å²) in [6.07, 6.45) is 1.52. The standard InChI is InChI=1S/C19H27Cl2N3O3S2/c1-23(2)7-9-29-28-8-5-22-18(26)13-4-3-6-24(12-13)19(27)14-10-15(20)17(25)16(21)11-14/h10-11,13,25H,3-9,12H2,1-2H3,(H,22,26)/t13-/m0/s1. The molecule has 1 heterocycles. The number of carbonyl (C=O) groups is 2. The number of nitrogens with one attached hydrogen (secondary N) is 1. The summed E-state index contributed by atoms with van der Waals surface area (Å²) in [7, 11) is 7.66. The van der Waals surface area contributed by atoms with Crippen molar-refractivity contribution in [1.82, 2.24) is 15.1 Å². The molecule has 1 aromatic rings. The van der Waals surface area contributed by atoms with Crippen molar-refractivity contribution in [3.05, 3.63) is 27.7 Å². The predicted molar refractivity (Wildman–Crippen MR) is 123 cm³/mol. The first-order valence-electron chi connectivity index (χ1n) is 9.43. The number of benzene rings is 1. The molecule has 2 rings (SSSR count). The lowest BCUT2D eigenvalue weighted by molar-refractivity contribution is -0.126. The number of amides is 2. The molecule has 6 nitrogen and oxygen atoms in total. The summed E-state index contributed by atoms with van der Waals surface area (Å²) in [5.41, 5.74) is 0.310. The van der Waals surface area contributed by atoms with Crippen molar-refractivity contribution in [3.8, 4) is 5.75 Å². The average Bonchev–Trinajstić information content (AvgIpc) is 2.70. The van der Waals surface area contributed by atoms with Crippen molar-refractivity contribution in [2.75, 3.05) is 51.8 Å². The molecule has 10 heteroatoms. The molecule has 2 N–H and O–H groups in total. The molecule has 0 aliphatic carbocycles. The molecule has 0 saturated carbocycles. The highest BCUT2D eigenvalue weighted by atomic mass is 35.5. The van der Waals surface area contributed by atoms with Crippen LogP contribution in [0.1, 0.15) is 23.2 Å². The number of hydrogen-bond acceptors (Lipinski definition) is 6. The van der Waals surface area contributed by atoms with Gasteiger partial charge in [-0.2, -0.15) is 0 Å². The van der Waals surface area contributed by atoms with Crippen molar-refractivity contribution in [3.63, 3.8) is 0 Å². The third-order valence-corrected chi connectivity index (χ3v) is 7.50. The van der Waals surface area contributed by atoms with Crippen molar-refractivity contribution in [2.24, 2.45) is 5.92 Å². The van der Waals surface area contributed by atoms with E-state index in [2.05, 4.69) is 24.3 Å². The van der Waals surface area contributed by atoms with Crippen molar-refractivity contribution in [1.29, 1.82) is 0 Å². The van der Waals surface area contributed by atoms with Gasteiger partial charge in [0.1, 0.15) is 0 Å². The molecule has 162 valence electrons. The zero-order valence-electron chi connectivity index (χ0n) is 16.6. The van der Waals surface area contributed by atoms with E-state index in [1.54, 1.807) is 26.5 Å². The minimum atomic E-state index is -0.237. The van der Waals surface area contributed by atoms with E-state index in [1.807, 2.05) is 0 Å². The maximum atomic E-state index is 12.8. The highest BCUT2D eigenvalue weighted by Crippen LogP contribution is 2.33. The third kappa shape index (κ3) is 7.75. The van der Waals surface area contributed by atoms with Gasteiger partial charge in [-0.05, 0) is 39.1 Å². The highest BCUT2D eigenvalue weighted by molar-refractivity contribution is 8.76. The minimum Gasteiger partial charge on any atom is -0.505 e. The Morgan fingerprint density at radius 1 is 1.24 bits per heavy atom. The molecular weight excluding hydrogens is 453 g/mol. The number of nitrogens with zero attached hydrogens (tertiary/aromatic N) is 2. The van der Waals surface area contributed by atoms with Crippen LogP contribution in [0.4, 0.5) is 0 Å². The Morgan fingerprint density at radius 3 is 2.55 bits per heavy atom. The topological polar surface area (TPSA) is 72.9 Å². The molecule has 1 atom stereocenters. The van der Waals surface area contributed by atoms with Crippen LogP contribution in [0.3, 0.4) is 0 Å². The SMILES string of the molecule is CN(C)CCSSCCNC(=O)[C@H]1CCCN(C(=O)c2cc(Cl)c(O)c(Cl)c2)C1. The molecule has 0 bridgehead atoms. The summed E-state index contributed by atoms with van der Waals surface area (Å²) in [4.78, 5) is 29.1. The quantitative estimate of drug-likeness (QED) is 0.416. The number of carbonyl (C=O) groups excluding carboxylic acids is 2. The van der Waals surface area contributed by atoms with Gasteiger partial charge in [0.25, 0.3) is 5.91 Å². The first kappa shape index (κ1) is 24.5. The van der Waals surface area contributed by atoms with Crippen molar-refractivity contribution in [2.45, 2.75) is 12.8 Å². The smallest absolute Gasteiger partial charge is 0.253 e. The largest absolute Gasteiger partial charge is 0.505 e. The van der Waals surface area contributed by atoms with Crippen LogP contribution in [0.2, 0.25) is 10.0 Å². The molecule has 2 amide bonds. The van der Waals surface area contributed by atoms with E-state index in [0.29, 0.717) is 25.2 Å². The Labute approximate surface area is 190 Å². The van der Waals surface area contributed by atoms with Gasteiger partial charge in [-0.1, -0.05) is 44.8 Å². The van der Waals surface area contributed by atoms with Gasteiger partial charge in [0.05, 0.1) is 16.0 Å². The zero-order valence-corrected chi connectivity index (χ0v) is 19.8. The van der Waals surface area contributed by atoms with Crippen molar-refractivity contribution >= 4 is 56.6 Å². The Balaban J connectivity index is 1.79. The number of likely N-dealkylation sites (tertiary alicyclic amines) is 1. The molecular formula is C19H27Cl2N3O3S2. The number of phenolic OH excluding ortho intramolecular Hbond substituents is 1. The van der Waals surface area contributed by atoms with Crippen LogP contribution >= 0.6 is 44.8 Å². The average molecular weight is 480 g/mol. The molecule has 1 aliphatic rings. The minimum absolute atomic E-state index is 0.0110. The van der Waals surface area contributed by atoms with Gasteiger partial charge in [0.15, 0.2) is 5.75 Å². The van der Waals surface area contributed by atoms with Gasteiger partial charge in [0.2, 0.25) is 5.91 Å². The molecule has 1 saturated heterocycles. The molecule has 0 unspecified atom stereocenters. The predicted octanol–water partition coefficient (Wildman–Crippen LogP) is 3.61. The van der Waals surface area contributed by atoms with Crippen LogP contribution in [0.15, 0.2) is 12.1 Å². The van der Waals surface area contributed by atoms with Gasteiger partial charge >= 0.3 is 0 Å². The molecule has 29 heavy (non-hydrogen) atoms. The van der Waals surface area contributed by atoms with Gasteiger partial charge in [0, 0.05) is 43.2 Å². The summed E-state index contributed by atoms with van der Waals surface area (Å²) >= 11 is 11.8. The van der Waals surface area contributed by atoms with E-state index in [0.717, 1.165) is 30.9 Å². The van der Waals surface area contributed by atoms with E-state index in [-0.39, 0.29) is 33.5 Å².